The Hall–Kier alpha value is -2.37. The van der Waals surface area contributed by atoms with Crippen LogP contribution in [0.2, 0.25) is 0 Å². The lowest BCUT2D eigenvalue weighted by atomic mass is 10.1. The molecule has 0 aliphatic rings. The molecule has 6 heteroatoms. The van der Waals surface area contributed by atoms with E-state index < -0.39 is 0 Å². The predicted octanol–water partition coefficient (Wildman–Crippen LogP) is 2.04. The van der Waals surface area contributed by atoms with E-state index in [0.717, 1.165) is 37.1 Å². The first-order chi connectivity index (χ1) is 11.5. The van der Waals surface area contributed by atoms with Crippen molar-refractivity contribution < 1.29 is 0 Å². The van der Waals surface area contributed by atoms with Crippen LogP contribution in [0.15, 0.2) is 23.2 Å². The highest BCUT2D eigenvalue weighted by molar-refractivity contribution is 5.79. The fraction of sp³-hybridized carbons (Fsp3) is 0.500. The number of aliphatic imine (C=N–C) groups is 1. The van der Waals surface area contributed by atoms with Gasteiger partial charge < -0.3 is 15.2 Å². The van der Waals surface area contributed by atoms with Crippen LogP contribution >= 0.6 is 0 Å². The summed E-state index contributed by atoms with van der Waals surface area (Å²) >= 11 is 0. The summed E-state index contributed by atoms with van der Waals surface area (Å²) in [7, 11) is 1.96. The third kappa shape index (κ3) is 5.08. The molecule has 0 fully saturated rings. The molecule has 0 amide bonds. The van der Waals surface area contributed by atoms with E-state index in [-0.39, 0.29) is 0 Å². The Morgan fingerprint density at radius 3 is 2.38 bits per heavy atom. The third-order valence-electron chi connectivity index (χ3n) is 3.89. The van der Waals surface area contributed by atoms with Crippen molar-refractivity contribution in [3.05, 3.63) is 46.5 Å². The molecule has 0 aliphatic heterocycles. The molecule has 130 valence electrons. The number of nitrogens with zero attached hydrogens (tertiary/aromatic N) is 4. The normalized spacial score (nSPS) is 11.6. The van der Waals surface area contributed by atoms with Crippen molar-refractivity contribution in [1.29, 1.82) is 0 Å². The second-order valence-electron chi connectivity index (χ2n) is 6.09. The molecule has 0 atom stereocenters. The quantitative estimate of drug-likeness (QED) is 0.629. The molecule has 0 spiro atoms. The number of hydrogen-bond acceptors (Lipinski definition) is 3. The van der Waals surface area contributed by atoms with E-state index in [9.17, 15) is 0 Å². The molecule has 2 rings (SSSR count). The van der Waals surface area contributed by atoms with Crippen molar-refractivity contribution in [2.24, 2.45) is 12.0 Å². The molecule has 0 radical (unpaired) electrons. The summed E-state index contributed by atoms with van der Waals surface area (Å²) in [5, 5.41) is 14.9. The number of guanidine groups is 1. The first-order valence-electron chi connectivity index (χ1n) is 8.43. The van der Waals surface area contributed by atoms with E-state index in [1.807, 2.05) is 18.5 Å². The lowest BCUT2D eigenvalue weighted by molar-refractivity contribution is 0.753. The third-order valence-corrected chi connectivity index (χ3v) is 3.89. The van der Waals surface area contributed by atoms with E-state index in [0.29, 0.717) is 6.54 Å². The van der Waals surface area contributed by atoms with Crippen LogP contribution in [-0.4, -0.2) is 33.8 Å². The number of nitrogens with one attached hydrogen (secondary N) is 2. The Labute approximate surface area is 144 Å². The molecule has 0 saturated carbocycles. The van der Waals surface area contributed by atoms with Crippen LogP contribution in [0.1, 0.15) is 35.3 Å². The first-order valence-corrected chi connectivity index (χ1v) is 8.43. The highest BCUT2D eigenvalue weighted by atomic mass is 15.3. The van der Waals surface area contributed by atoms with Crippen LogP contribution in [-0.2, 0) is 20.0 Å². The lowest BCUT2D eigenvalue weighted by Gasteiger charge is -2.12. The van der Waals surface area contributed by atoms with Crippen molar-refractivity contribution in [2.45, 2.75) is 40.7 Å². The van der Waals surface area contributed by atoms with E-state index in [1.54, 1.807) is 0 Å². The van der Waals surface area contributed by atoms with Crippen molar-refractivity contribution >= 4 is 5.96 Å². The SMILES string of the molecule is CCNC(=NCc1nnc(C)n1C)NCCc1cc(C)cc(C)c1. The molecule has 24 heavy (non-hydrogen) atoms. The van der Waals surface area contributed by atoms with E-state index in [1.165, 1.54) is 16.7 Å². The van der Waals surface area contributed by atoms with Gasteiger partial charge in [-0.1, -0.05) is 29.3 Å². The summed E-state index contributed by atoms with van der Waals surface area (Å²) in [6.45, 7) is 10.5. The van der Waals surface area contributed by atoms with Crippen LogP contribution in [0.4, 0.5) is 0 Å². The van der Waals surface area contributed by atoms with Crippen LogP contribution in [0.3, 0.4) is 0 Å². The Bertz CT molecular complexity index is 681. The molecule has 1 heterocycles. The van der Waals surface area contributed by atoms with Crippen LogP contribution in [0.25, 0.3) is 0 Å². The molecule has 0 unspecified atom stereocenters. The largest absolute Gasteiger partial charge is 0.357 e. The topological polar surface area (TPSA) is 67.1 Å². The van der Waals surface area contributed by atoms with Crippen molar-refractivity contribution in [3.63, 3.8) is 0 Å². The smallest absolute Gasteiger partial charge is 0.191 e. The minimum absolute atomic E-state index is 0.510. The second kappa shape index (κ2) is 8.47. The van der Waals surface area contributed by atoms with Gasteiger partial charge >= 0.3 is 0 Å². The van der Waals surface area contributed by atoms with Gasteiger partial charge in [0.25, 0.3) is 0 Å². The summed E-state index contributed by atoms with van der Waals surface area (Å²) in [6, 6.07) is 6.67. The van der Waals surface area contributed by atoms with Gasteiger partial charge in [0.05, 0.1) is 0 Å². The maximum absolute atomic E-state index is 4.60. The zero-order chi connectivity index (χ0) is 17.5. The molecule has 1 aromatic heterocycles. The Balaban J connectivity index is 1.93. The van der Waals surface area contributed by atoms with Gasteiger partial charge in [-0.05, 0) is 39.7 Å². The van der Waals surface area contributed by atoms with Crippen LogP contribution in [0.5, 0.6) is 0 Å². The van der Waals surface area contributed by atoms with Gasteiger partial charge in [0.1, 0.15) is 12.4 Å². The van der Waals surface area contributed by atoms with Crippen molar-refractivity contribution in [3.8, 4) is 0 Å². The molecule has 0 bridgehead atoms. The van der Waals surface area contributed by atoms with Gasteiger partial charge in [0.15, 0.2) is 11.8 Å². The minimum atomic E-state index is 0.510. The van der Waals surface area contributed by atoms with Crippen LogP contribution in [0, 0.1) is 20.8 Å². The summed E-state index contributed by atoms with van der Waals surface area (Å²) in [6.07, 6.45) is 0.968. The second-order valence-corrected chi connectivity index (χ2v) is 6.09. The first kappa shape index (κ1) is 18.0. The molecule has 1 aromatic carbocycles. The monoisotopic (exact) mass is 328 g/mol. The maximum Gasteiger partial charge on any atom is 0.191 e. The zero-order valence-electron chi connectivity index (χ0n) is 15.3. The molecular weight excluding hydrogens is 300 g/mol. The Morgan fingerprint density at radius 1 is 1.08 bits per heavy atom. The van der Waals surface area contributed by atoms with E-state index >= 15 is 0 Å². The summed E-state index contributed by atoms with van der Waals surface area (Å²) in [5.41, 5.74) is 3.96. The lowest BCUT2D eigenvalue weighted by Crippen LogP contribution is -2.38. The van der Waals surface area contributed by atoms with E-state index in [2.05, 4.69) is 64.8 Å². The number of rotatable bonds is 6. The number of aromatic nitrogens is 3. The van der Waals surface area contributed by atoms with Gasteiger partial charge in [-0.25, -0.2) is 4.99 Å². The number of benzene rings is 1. The molecule has 6 nitrogen and oxygen atoms in total. The standard InChI is InChI=1S/C18H28N6/c1-6-19-18(21-12-17-23-22-15(4)24(17)5)20-8-7-16-10-13(2)9-14(3)11-16/h9-11H,6-8,12H2,1-5H3,(H2,19,20,21). The van der Waals surface area contributed by atoms with Gasteiger partial charge in [0.2, 0.25) is 0 Å². The highest BCUT2D eigenvalue weighted by Gasteiger charge is 2.05. The summed E-state index contributed by atoms with van der Waals surface area (Å²) in [5.74, 6) is 2.56. The molecule has 0 saturated heterocycles. The predicted molar refractivity (Wildman–Crippen MR) is 98.2 cm³/mol. The van der Waals surface area contributed by atoms with Crippen molar-refractivity contribution in [2.75, 3.05) is 13.1 Å². The summed E-state index contributed by atoms with van der Waals surface area (Å²) < 4.78 is 1.96. The average molecular weight is 328 g/mol. The number of hydrogen-bond donors (Lipinski definition) is 2. The molecule has 2 N–H and O–H groups in total. The molecule has 2 aromatic rings. The molecular formula is C18H28N6. The minimum Gasteiger partial charge on any atom is -0.357 e. The zero-order valence-corrected chi connectivity index (χ0v) is 15.3. The van der Waals surface area contributed by atoms with E-state index in [4.69, 9.17) is 0 Å². The van der Waals surface area contributed by atoms with Gasteiger partial charge in [-0.3, -0.25) is 0 Å². The highest BCUT2D eigenvalue weighted by Crippen LogP contribution is 2.09. The van der Waals surface area contributed by atoms with Gasteiger partial charge in [-0.2, -0.15) is 0 Å². The number of aryl methyl sites for hydroxylation is 3. The van der Waals surface area contributed by atoms with Crippen LogP contribution < -0.4 is 10.6 Å². The summed E-state index contributed by atoms with van der Waals surface area (Å²) in [4.78, 5) is 4.60. The Morgan fingerprint density at radius 2 is 1.79 bits per heavy atom. The average Bonchev–Trinajstić information content (AvgIpc) is 2.83. The van der Waals surface area contributed by atoms with Gasteiger partial charge in [-0.15, -0.1) is 10.2 Å². The fourth-order valence-corrected chi connectivity index (χ4v) is 2.62. The Kier molecular flexibility index (Phi) is 6.35. The molecule has 0 aliphatic carbocycles. The van der Waals surface area contributed by atoms with Gasteiger partial charge in [0, 0.05) is 20.1 Å². The maximum atomic E-state index is 4.60. The van der Waals surface area contributed by atoms with Crippen molar-refractivity contribution in [1.82, 2.24) is 25.4 Å². The fourth-order valence-electron chi connectivity index (χ4n) is 2.62.